The zero-order chi connectivity index (χ0) is 11.7. The molecule has 3 aliphatic rings. The normalized spacial score (nSPS) is 38.0. The Bertz CT molecular complexity index is 295. The average Bonchev–Trinajstić information content (AvgIpc) is 3.10. The van der Waals surface area contributed by atoms with Gasteiger partial charge in [-0.15, -0.1) is 0 Å². The largest absolute Gasteiger partial charge is 0.462 e. The van der Waals surface area contributed by atoms with E-state index in [4.69, 9.17) is 9.47 Å². The van der Waals surface area contributed by atoms with Gasteiger partial charge < -0.3 is 14.8 Å². The van der Waals surface area contributed by atoms with Gasteiger partial charge >= 0.3 is 5.97 Å². The predicted octanol–water partition coefficient (Wildman–Crippen LogP) is 1.24. The molecule has 1 spiro atoms. The first-order valence-corrected chi connectivity index (χ1v) is 6.81. The Labute approximate surface area is 102 Å². The number of esters is 1. The Hall–Kier alpha value is -0.610. The molecule has 0 aromatic heterocycles. The molecule has 3 rings (SSSR count). The number of hydrogen-bond acceptors (Lipinski definition) is 4. The van der Waals surface area contributed by atoms with Crippen LogP contribution in [-0.2, 0) is 14.3 Å². The first-order valence-electron chi connectivity index (χ1n) is 6.81. The van der Waals surface area contributed by atoms with Crippen LogP contribution in [0.1, 0.15) is 38.5 Å². The summed E-state index contributed by atoms with van der Waals surface area (Å²) in [4.78, 5) is 12.1. The summed E-state index contributed by atoms with van der Waals surface area (Å²) < 4.78 is 10.9. The van der Waals surface area contributed by atoms with Crippen LogP contribution >= 0.6 is 0 Å². The fourth-order valence-electron chi connectivity index (χ4n) is 3.06. The van der Waals surface area contributed by atoms with Crippen LogP contribution in [0.25, 0.3) is 0 Å². The van der Waals surface area contributed by atoms with Crippen molar-refractivity contribution < 1.29 is 14.3 Å². The highest BCUT2D eigenvalue weighted by Crippen LogP contribution is 2.39. The highest BCUT2D eigenvalue weighted by atomic mass is 16.6. The van der Waals surface area contributed by atoms with Crippen molar-refractivity contribution in [1.29, 1.82) is 0 Å². The summed E-state index contributed by atoms with van der Waals surface area (Å²) in [7, 11) is 0. The summed E-state index contributed by atoms with van der Waals surface area (Å²) in [6.07, 6.45) is 6.19. The lowest BCUT2D eigenvalue weighted by Gasteiger charge is -2.29. The van der Waals surface area contributed by atoms with Gasteiger partial charge in [-0.3, -0.25) is 4.79 Å². The molecule has 2 heterocycles. The molecule has 2 unspecified atom stereocenters. The van der Waals surface area contributed by atoms with Crippen molar-refractivity contribution in [2.45, 2.75) is 50.2 Å². The summed E-state index contributed by atoms with van der Waals surface area (Å²) in [5.41, 5.74) is 0.303. The van der Waals surface area contributed by atoms with E-state index >= 15 is 0 Å². The zero-order valence-corrected chi connectivity index (χ0v) is 10.2. The van der Waals surface area contributed by atoms with Crippen molar-refractivity contribution in [1.82, 2.24) is 5.32 Å². The lowest BCUT2D eigenvalue weighted by molar-refractivity contribution is -0.159. The minimum atomic E-state index is 0.0321. The number of carbonyl (C=O) groups excluding carboxylic acids is 1. The van der Waals surface area contributed by atoms with Gasteiger partial charge in [-0.05, 0) is 19.3 Å². The van der Waals surface area contributed by atoms with Crippen molar-refractivity contribution in [2.75, 3.05) is 19.8 Å². The molecule has 0 aromatic rings. The van der Waals surface area contributed by atoms with Gasteiger partial charge in [0.1, 0.15) is 6.10 Å². The highest BCUT2D eigenvalue weighted by molar-refractivity contribution is 5.73. The molecule has 3 fully saturated rings. The minimum Gasteiger partial charge on any atom is -0.462 e. The quantitative estimate of drug-likeness (QED) is 0.582. The fourth-order valence-corrected chi connectivity index (χ4v) is 3.06. The lowest BCUT2D eigenvalue weighted by Crippen LogP contribution is -2.34. The van der Waals surface area contributed by atoms with Crippen molar-refractivity contribution in [3.63, 3.8) is 0 Å². The van der Waals surface area contributed by atoms with Crippen molar-refractivity contribution in [3.8, 4) is 0 Å². The standard InChI is InChI=1S/C13H21NO3/c15-12(17-11-3-6-16-7-4-11)10-2-1-5-13(8-10)9-14-13/h10-11,14H,1-9H2. The molecule has 1 saturated carbocycles. The molecule has 0 radical (unpaired) electrons. The maximum Gasteiger partial charge on any atom is 0.309 e. The monoisotopic (exact) mass is 239 g/mol. The Morgan fingerprint density at radius 1 is 1.29 bits per heavy atom. The zero-order valence-electron chi connectivity index (χ0n) is 10.2. The number of nitrogens with one attached hydrogen (secondary N) is 1. The van der Waals surface area contributed by atoms with Crippen LogP contribution in [0.2, 0.25) is 0 Å². The van der Waals surface area contributed by atoms with E-state index in [1.165, 1.54) is 6.42 Å². The second-order valence-electron chi connectivity index (χ2n) is 5.68. The molecule has 4 heteroatoms. The molecule has 1 aliphatic carbocycles. The van der Waals surface area contributed by atoms with Crippen molar-refractivity contribution >= 4 is 5.97 Å². The summed E-state index contributed by atoms with van der Waals surface area (Å²) >= 11 is 0. The Balaban J connectivity index is 1.51. The van der Waals surface area contributed by atoms with E-state index in [1.807, 2.05) is 0 Å². The molecule has 2 saturated heterocycles. The van der Waals surface area contributed by atoms with E-state index in [0.29, 0.717) is 5.54 Å². The molecule has 96 valence electrons. The van der Waals surface area contributed by atoms with E-state index in [0.717, 1.165) is 51.9 Å². The molecular weight excluding hydrogens is 218 g/mol. The summed E-state index contributed by atoms with van der Waals surface area (Å²) in [5, 5.41) is 3.41. The number of rotatable bonds is 2. The van der Waals surface area contributed by atoms with Crippen molar-refractivity contribution in [3.05, 3.63) is 0 Å². The Morgan fingerprint density at radius 2 is 2.06 bits per heavy atom. The van der Waals surface area contributed by atoms with Crippen LogP contribution in [0.3, 0.4) is 0 Å². The van der Waals surface area contributed by atoms with Crippen LogP contribution in [0.5, 0.6) is 0 Å². The van der Waals surface area contributed by atoms with Crippen LogP contribution in [0, 0.1) is 5.92 Å². The second-order valence-corrected chi connectivity index (χ2v) is 5.68. The molecular formula is C13H21NO3. The van der Waals surface area contributed by atoms with Gasteiger partial charge in [-0.2, -0.15) is 0 Å². The summed E-state index contributed by atoms with van der Waals surface area (Å²) in [5.74, 6) is 0.159. The fraction of sp³-hybridized carbons (Fsp3) is 0.923. The summed E-state index contributed by atoms with van der Waals surface area (Å²) in [6.45, 7) is 2.55. The number of hydrogen-bond donors (Lipinski definition) is 1. The van der Waals surface area contributed by atoms with Gasteiger partial charge in [0.15, 0.2) is 0 Å². The SMILES string of the molecule is O=C(OC1CCOCC1)C1CCCC2(CN2)C1. The maximum absolute atomic E-state index is 12.1. The van der Waals surface area contributed by atoms with Gasteiger partial charge in [0.05, 0.1) is 19.1 Å². The molecule has 0 amide bonds. The van der Waals surface area contributed by atoms with E-state index in [-0.39, 0.29) is 18.0 Å². The third kappa shape index (κ3) is 2.63. The van der Waals surface area contributed by atoms with Crippen LogP contribution in [0.15, 0.2) is 0 Å². The van der Waals surface area contributed by atoms with Gasteiger partial charge in [0, 0.05) is 24.9 Å². The number of ether oxygens (including phenoxy) is 2. The smallest absolute Gasteiger partial charge is 0.309 e. The second kappa shape index (κ2) is 4.58. The first-order chi connectivity index (χ1) is 8.27. The lowest BCUT2D eigenvalue weighted by atomic mass is 9.81. The maximum atomic E-state index is 12.1. The third-order valence-corrected chi connectivity index (χ3v) is 4.31. The molecule has 1 N–H and O–H groups in total. The Kier molecular flexibility index (Phi) is 3.09. The minimum absolute atomic E-state index is 0.0321. The Morgan fingerprint density at radius 3 is 2.76 bits per heavy atom. The predicted molar refractivity (Wildman–Crippen MR) is 62.6 cm³/mol. The number of carbonyl (C=O) groups is 1. The van der Waals surface area contributed by atoms with Crippen LogP contribution in [-0.4, -0.2) is 37.4 Å². The van der Waals surface area contributed by atoms with Gasteiger partial charge in [-0.1, -0.05) is 6.42 Å². The van der Waals surface area contributed by atoms with Gasteiger partial charge in [-0.25, -0.2) is 0 Å². The molecule has 0 bridgehead atoms. The van der Waals surface area contributed by atoms with E-state index < -0.39 is 0 Å². The summed E-state index contributed by atoms with van der Waals surface area (Å²) in [6, 6.07) is 0. The molecule has 2 aliphatic heterocycles. The topological polar surface area (TPSA) is 57.5 Å². The van der Waals surface area contributed by atoms with Gasteiger partial charge in [0.2, 0.25) is 0 Å². The van der Waals surface area contributed by atoms with Crippen LogP contribution < -0.4 is 5.32 Å². The molecule has 2 atom stereocenters. The molecule has 17 heavy (non-hydrogen) atoms. The van der Waals surface area contributed by atoms with E-state index in [9.17, 15) is 4.79 Å². The van der Waals surface area contributed by atoms with E-state index in [2.05, 4.69) is 5.32 Å². The first kappa shape index (κ1) is 11.5. The molecule has 0 aromatic carbocycles. The van der Waals surface area contributed by atoms with Gasteiger partial charge in [0.25, 0.3) is 0 Å². The molecule has 4 nitrogen and oxygen atoms in total. The van der Waals surface area contributed by atoms with Crippen LogP contribution in [0.4, 0.5) is 0 Å². The van der Waals surface area contributed by atoms with E-state index in [1.54, 1.807) is 0 Å². The highest BCUT2D eigenvalue weighted by Gasteiger charge is 2.47. The third-order valence-electron chi connectivity index (χ3n) is 4.31. The average molecular weight is 239 g/mol. The van der Waals surface area contributed by atoms with Crippen molar-refractivity contribution in [2.24, 2.45) is 5.92 Å².